The van der Waals surface area contributed by atoms with Gasteiger partial charge >= 0.3 is 0 Å². The maximum Gasteiger partial charge on any atom is 0.248 e. The molecule has 0 saturated carbocycles. The number of anilines is 1. The molecule has 1 aromatic carbocycles. The van der Waals surface area contributed by atoms with E-state index in [1.54, 1.807) is 6.20 Å². The third kappa shape index (κ3) is 2.41. The van der Waals surface area contributed by atoms with Gasteiger partial charge in [0.2, 0.25) is 5.91 Å². The normalized spacial score (nSPS) is 10.4. The standard InChI is InChI=1S/C11H11FN4O/c12-10-3-7(11(14)17)1-2-8(10)5-16-6-9(13)4-15-16/h1-4,6H,5,13H2,(H2,14,17). The molecule has 88 valence electrons. The summed E-state index contributed by atoms with van der Waals surface area (Å²) in [5.74, 6) is -1.14. The van der Waals surface area contributed by atoms with Crippen molar-refractivity contribution in [3.8, 4) is 0 Å². The molecule has 2 aromatic rings. The first kappa shape index (κ1) is 11.1. The first-order chi connectivity index (χ1) is 8.06. The monoisotopic (exact) mass is 234 g/mol. The van der Waals surface area contributed by atoms with Gasteiger partial charge in [-0.3, -0.25) is 9.48 Å². The number of aromatic nitrogens is 2. The molecule has 1 heterocycles. The fraction of sp³-hybridized carbons (Fsp3) is 0.0909. The quantitative estimate of drug-likeness (QED) is 0.821. The Hall–Kier alpha value is -2.37. The van der Waals surface area contributed by atoms with Crippen molar-refractivity contribution < 1.29 is 9.18 Å². The van der Waals surface area contributed by atoms with Gasteiger partial charge in [-0.2, -0.15) is 5.10 Å². The second-order valence-corrected chi connectivity index (χ2v) is 3.64. The van der Waals surface area contributed by atoms with Crippen LogP contribution in [0.3, 0.4) is 0 Å². The lowest BCUT2D eigenvalue weighted by atomic mass is 10.1. The molecular formula is C11H11FN4O. The molecule has 6 heteroatoms. The molecule has 2 rings (SSSR count). The highest BCUT2D eigenvalue weighted by Crippen LogP contribution is 2.12. The average Bonchev–Trinajstić information content (AvgIpc) is 2.67. The number of rotatable bonds is 3. The molecule has 0 unspecified atom stereocenters. The van der Waals surface area contributed by atoms with Crippen molar-refractivity contribution in [3.05, 3.63) is 47.5 Å². The number of hydrogen-bond acceptors (Lipinski definition) is 3. The van der Waals surface area contributed by atoms with Crippen LogP contribution in [0.5, 0.6) is 0 Å². The number of carbonyl (C=O) groups excluding carboxylic acids is 1. The molecule has 1 aromatic heterocycles. The van der Waals surface area contributed by atoms with E-state index in [2.05, 4.69) is 5.10 Å². The van der Waals surface area contributed by atoms with E-state index in [0.717, 1.165) is 6.07 Å². The van der Waals surface area contributed by atoms with Crippen LogP contribution in [0.4, 0.5) is 10.1 Å². The summed E-state index contributed by atoms with van der Waals surface area (Å²) < 4.78 is 15.1. The van der Waals surface area contributed by atoms with Crippen LogP contribution in [0, 0.1) is 5.82 Å². The fourth-order valence-corrected chi connectivity index (χ4v) is 1.47. The maximum absolute atomic E-state index is 13.6. The number of benzene rings is 1. The Morgan fingerprint density at radius 2 is 2.24 bits per heavy atom. The molecule has 0 saturated heterocycles. The number of nitrogens with two attached hydrogens (primary N) is 2. The summed E-state index contributed by atoms with van der Waals surface area (Å²) in [6.07, 6.45) is 3.08. The number of amides is 1. The van der Waals surface area contributed by atoms with Gasteiger partial charge in [-0.25, -0.2) is 4.39 Å². The summed E-state index contributed by atoms with van der Waals surface area (Å²) in [7, 11) is 0. The van der Waals surface area contributed by atoms with Crippen LogP contribution in [0.2, 0.25) is 0 Å². The minimum absolute atomic E-state index is 0.145. The third-order valence-electron chi connectivity index (χ3n) is 2.32. The van der Waals surface area contributed by atoms with Gasteiger partial charge in [0.15, 0.2) is 0 Å². The van der Waals surface area contributed by atoms with E-state index in [1.807, 2.05) is 0 Å². The molecule has 0 aliphatic carbocycles. The Morgan fingerprint density at radius 1 is 1.47 bits per heavy atom. The summed E-state index contributed by atoms with van der Waals surface area (Å²) in [6.45, 7) is 0.252. The van der Waals surface area contributed by atoms with Crippen molar-refractivity contribution in [1.82, 2.24) is 9.78 Å². The first-order valence-electron chi connectivity index (χ1n) is 4.92. The van der Waals surface area contributed by atoms with Crippen LogP contribution in [0.15, 0.2) is 30.6 Å². The van der Waals surface area contributed by atoms with E-state index in [-0.39, 0.29) is 12.1 Å². The highest BCUT2D eigenvalue weighted by Gasteiger charge is 2.07. The minimum atomic E-state index is -0.654. The lowest BCUT2D eigenvalue weighted by molar-refractivity contribution is 0.1000. The Labute approximate surface area is 96.8 Å². The van der Waals surface area contributed by atoms with Gasteiger partial charge in [-0.05, 0) is 12.1 Å². The maximum atomic E-state index is 13.6. The van der Waals surface area contributed by atoms with Crippen LogP contribution in [0.1, 0.15) is 15.9 Å². The Morgan fingerprint density at radius 3 is 2.76 bits per heavy atom. The van der Waals surface area contributed by atoms with Crippen LogP contribution >= 0.6 is 0 Å². The molecule has 0 aliphatic rings. The summed E-state index contributed by atoms with van der Waals surface area (Å²) in [5, 5.41) is 3.94. The number of halogens is 1. The van der Waals surface area contributed by atoms with Crippen molar-refractivity contribution in [2.45, 2.75) is 6.54 Å². The van der Waals surface area contributed by atoms with Crippen LogP contribution in [-0.2, 0) is 6.54 Å². The predicted octanol–water partition coefficient (Wildman–Crippen LogP) is 0.752. The zero-order valence-corrected chi connectivity index (χ0v) is 8.93. The zero-order chi connectivity index (χ0) is 12.4. The molecule has 0 spiro atoms. The molecule has 17 heavy (non-hydrogen) atoms. The van der Waals surface area contributed by atoms with E-state index in [4.69, 9.17) is 11.5 Å². The van der Waals surface area contributed by atoms with Gasteiger partial charge in [0.1, 0.15) is 5.82 Å². The summed E-state index contributed by atoms with van der Waals surface area (Å²) in [5.41, 5.74) is 11.6. The molecule has 4 N–H and O–H groups in total. The predicted molar refractivity (Wildman–Crippen MR) is 60.7 cm³/mol. The van der Waals surface area contributed by atoms with Crippen LogP contribution in [0.25, 0.3) is 0 Å². The van der Waals surface area contributed by atoms with E-state index in [1.165, 1.54) is 23.0 Å². The molecule has 0 fully saturated rings. The van der Waals surface area contributed by atoms with Crippen molar-refractivity contribution in [1.29, 1.82) is 0 Å². The summed E-state index contributed by atoms with van der Waals surface area (Å²) >= 11 is 0. The van der Waals surface area contributed by atoms with Gasteiger partial charge in [-0.1, -0.05) is 6.07 Å². The Kier molecular flexibility index (Phi) is 2.78. The van der Waals surface area contributed by atoms with Crippen molar-refractivity contribution in [2.24, 2.45) is 5.73 Å². The second kappa shape index (κ2) is 4.25. The number of nitrogens with zero attached hydrogens (tertiary/aromatic N) is 2. The molecule has 0 atom stereocenters. The number of nitrogen functional groups attached to an aromatic ring is 1. The Bertz CT molecular complexity index is 564. The molecular weight excluding hydrogens is 223 g/mol. The van der Waals surface area contributed by atoms with E-state index in [9.17, 15) is 9.18 Å². The summed E-state index contributed by atoms with van der Waals surface area (Å²) in [4.78, 5) is 10.8. The van der Waals surface area contributed by atoms with Crippen molar-refractivity contribution in [2.75, 3.05) is 5.73 Å². The van der Waals surface area contributed by atoms with Gasteiger partial charge in [-0.15, -0.1) is 0 Å². The molecule has 0 bridgehead atoms. The third-order valence-corrected chi connectivity index (χ3v) is 2.32. The van der Waals surface area contributed by atoms with Gasteiger partial charge in [0, 0.05) is 17.3 Å². The molecule has 1 amide bonds. The van der Waals surface area contributed by atoms with Crippen LogP contribution < -0.4 is 11.5 Å². The van der Waals surface area contributed by atoms with Gasteiger partial charge < -0.3 is 11.5 Å². The number of hydrogen-bond donors (Lipinski definition) is 2. The van der Waals surface area contributed by atoms with E-state index >= 15 is 0 Å². The molecule has 0 radical (unpaired) electrons. The fourth-order valence-electron chi connectivity index (χ4n) is 1.47. The van der Waals surface area contributed by atoms with E-state index < -0.39 is 11.7 Å². The van der Waals surface area contributed by atoms with Crippen molar-refractivity contribution >= 4 is 11.6 Å². The smallest absolute Gasteiger partial charge is 0.248 e. The average molecular weight is 234 g/mol. The minimum Gasteiger partial charge on any atom is -0.396 e. The molecule has 5 nitrogen and oxygen atoms in total. The van der Waals surface area contributed by atoms with Crippen molar-refractivity contribution in [3.63, 3.8) is 0 Å². The highest BCUT2D eigenvalue weighted by molar-refractivity contribution is 5.92. The lowest BCUT2D eigenvalue weighted by Crippen LogP contribution is -2.12. The largest absolute Gasteiger partial charge is 0.396 e. The summed E-state index contributed by atoms with van der Waals surface area (Å²) in [6, 6.07) is 4.10. The van der Waals surface area contributed by atoms with E-state index in [0.29, 0.717) is 11.3 Å². The molecule has 0 aliphatic heterocycles. The SMILES string of the molecule is NC(=O)c1ccc(Cn2cc(N)cn2)c(F)c1. The Balaban J connectivity index is 2.25. The van der Waals surface area contributed by atoms with Gasteiger partial charge in [0.25, 0.3) is 0 Å². The van der Waals surface area contributed by atoms with Crippen LogP contribution in [-0.4, -0.2) is 15.7 Å². The number of carbonyl (C=O) groups is 1. The topological polar surface area (TPSA) is 86.9 Å². The van der Waals surface area contributed by atoms with Gasteiger partial charge in [0.05, 0.1) is 18.4 Å². The zero-order valence-electron chi connectivity index (χ0n) is 8.93. The first-order valence-corrected chi connectivity index (χ1v) is 4.92. The highest BCUT2D eigenvalue weighted by atomic mass is 19.1. The number of primary amides is 1. The second-order valence-electron chi connectivity index (χ2n) is 3.64. The lowest BCUT2D eigenvalue weighted by Gasteiger charge is -2.04.